The third-order valence-electron chi connectivity index (χ3n) is 3.03. The van der Waals surface area contributed by atoms with E-state index in [0.29, 0.717) is 6.42 Å². The predicted octanol–water partition coefficient (Wildman–Crippen LogP) is 2.05. The Hall–Kier alpha value is -1.91. The first-order valence-corrected chi connectivity index (χ1v) is 5.40. The SMILES string of the molecule is CCC1(C)NC(=O)N(c2cccc(F)c2)C1=O. The molecule has 1 aliphatic heterocycles. The molecule has 0 aliphatic carbocycles. The quantitative estimate of drug-likeness (QED) is 0.799. The van der Waals surface area contributed by atoms with Crippen LogP contribution in [0.4, 0.5) is 14.9 Å². The number of amides is 3. The van der Waals surface area contributed by atoms with Crippen LogP contribution in [0.2, 0.25) is 0 Å². The maximum absolute atomic E-state index is 13.1. The van der Waals surface area contributed by atoms with Gasteiger partial charge >= 0.3 is 6.03 Å². The maximum atomic E-state index is 13.1. The second kappa shape index (κ2) is 3.84. The molecule has 1 atom stereocenters. The Labute approximate surface area is 98.4 Å². The second-order valence-electron chi connectivity index (χ2n) is 4.24. The highest BCUT2D eigenvalue weighted by atomic mass is 19.1. The summed E-state index contributed by atoms with van der Waals surface area (Å²) in [5.41, 5.74) is -0.645. The zero-order valence-electron chi connectivity index (χ0n) is 9.66. The molecular weight excluding hydrogens is 223 g/mol. The number of benzene rings is 1. The Kier molecular flexibility index (Phi) is 2.61. The number of urea groups is 1. The molecule has 5 heteroatoms. The highest BCUT2D eigenvalue weighted by molar-refractivity contribution is 6.23. The first kappa shape index (κ1) is 11.6. The molecule has 1 aliphatic rings. The van der Waals surface area contributed by atoms with Gasteiger partial charge in [-0.1, -0.05) is 13.0 Å². The van der Waals surface area contributed by atoms with Gasteiger partial charge in [-0.3, -0.25) is 4.79 Å². The summed E-state index contributed by atoms with van der Waals surface area (Å²) in [4.78, 5) is 24.8. The average molecular weight is 236 g/mol. The maximum Gasteiger partial charge on any atom is 0.329 e. The Morgan fingerprint density at radius 1 is 1.41 bits per heavy atom. The van der Waals surface area contributed by atoms with Gasteiger partial charge in [-0.05, 0) is 31.5 Å². The molecule has 17 heavy (non-hydrogen) atoms. The fraction of sp³-hybridized carbons (Fsp3) is 0.333. The van der Waals surface area contributed by atoms with E-state index in [2.05, 4.69) is 5.32 Å². The predicted molar refractivity (Wildman–Crippen MR) is 61.1 cm³/mol. The molecule has 2 rings (SSSR count). The van der Waals surface area contributed by atoms with Gasteiger partial charge < -0.3 is 5.32 Å². The van der Waals surface area contributed by atoms with Crippen molar-refractivity contribution in [1.82, 2.24) is 5.32 Å². The zero-order valence-corrected chi connectivity index (χ0v) is 9.66. The van der Waals surface area contributed by atoms with Crippen molar-refractivity contribution in [2.24, 2.45) is 0 Å². The third-order valence-corrected chi connectivity index (χ3v) is 3.03. The lowest BCUT2D eigenvalue weighted by Gasteiger charge is -2.19. The van der Waals surface area contributed by atoms with Crippen molar-refractivity contribution < 1.29 is 14.0 Å². The largest absolute Gasteiger partial charge is 0.329 e. The number of nitrogens with one attached hydrogen (secondary N) is 1. The minimum absolute atomic E-state index is 0.254. The average Bonchev–Trinajstić information content (AvgIpc) is 2.50. The molecule has 1 aromatic carbocycles. The summed E-state index contributed by atoms with van der Waals surface area (Å²) in [7, 11) is 0. The van der Waals surface area contributed by atoms with Gasteiger partial charge in [0.05, 0.1) is 5.69 Å². The van der Waals surface area contributed by atoms with E-state index in [0.717, 1.165) is 4.90 Å². The van der Waals surface area contributed by atoms with Gasteiger partial charge in [0.25, 0.3) is 5.91 Å². The lowest BCUT2D eigenvalue weighted by molar-refractivity contribution is -0.121. The highest BCUT2D eigenvalue weighted by Crippen LogP contribution is 2.26. The first-order chi connectivity index (χ1) is 7.98. The van der Waals surface area contributed by atoms with Gasteiger partial charge in [-0.15, -0.1) is 0 Å². The monoisotopic (exact) mass is 236 g/mol. The number of hydrogen-bond acceptors (Lipinski definition) is 2. The number of imide groups is 1. The second-order valence-corrected chi connectivity index (χ2v) is 4.24. The van der Waals surface area contributed by atoms with Gasteiger partial charge in [0.2, 0.25) is 0 Å². The molecule has 1 heterocycles. The number of nitrogens with zero attached hydrogens (tertiary/aromatic N) is 1. The lowest BCUT2D eigenvalue weighted by atomic mass is 9.99. The Morgan fingerprint density at radius 3 is 2.65 bits per heavy atom. The molecule has 0 aromatic heterocycles. The Bertz CT molecular complexity index is 489. The molecule has 0 bridgehead atoms. The van der Waals surface area contributed by atoms with Crippen LogP contribution in [0.3, 0.4) is 0 Å². The fourth-order valence-corrected chi connectivity index (χ4v) is 1.77. The van der Waals surface area contributed by atoms with Crippen molar-refractivity contribution in [2.45, 2.75) is 25.8 Å². The van der Waals surface area contributed by atoms with Crippen molar-refractivity contribution in [1.29, 1.82) is 0 Å². The van der Waals surface area contributed by atoms with Gasteiger partial charge in [0, 0.05) is 0 Å². The summed E-state index contributed by atoms with van der Waals surface area (Å²) >= 11 is 0. The molecule has 0 spiro atoms. The molecule has 1 aromatic rings. The number of carbonyl (C=O) groups excluding carboxylic acids is 2. The molecule has 0 radical (unpaired) electrons. The van der Waals surface area contributed by atoms with Gasteiger partial charge in [0.15, 0.2) is 0 Å². The summed E-state index contributed by atoms with van der Waals surface area (Å²) in [6.45, 7) is 3.47. The van der Waals surface area contributed by atoms with Crippen LogP contribution in [0, 0.1) is 5.82 Å². The summed E-state index contributed by atoms with van der Waals surface area (Å²) < 4.78 is 13.1. The van der Waals surface area contributed by atoms with E-state index in [-0.39, 0.29) is 11.6 Å². The number of anilines is 1. The van der Waals surface area contributed by atoms with E-state index >= 15 is 0 Å². The van der Waals surface area contributed by atoms with Crippen molar-refractivity contribution in [3.63, 3.8) is 0 Å². The van der Waals surface area contributed by atoms with Crippen LogP contribution in [0.1, 0.15) is 20.3 Å². The summed E-state index contributed by atoms with van der Waals surface area (Å²) in [6.07, 6.45) is 0.489. The Balaban J connectivity index is 2.41. The molecule has 1 saturated heterocycles. The molecular formula is C12H13FN2O2. The lowest BCUT2D eigenvalue weighted by Crippen LogP contribution is -2.43. The van der Waals surface area contributed by atoms with Crippen molar-refractivity contribution in [2.75, 3.05) is 4.90 Å². The Morgan fingerprint density at radius 2 is 2.12 bits per heavy atom. The van der Waals surface area contributed by atoms with Crippen molar-refractivity contribution in [3.05, 3.63) is 30.1 Å². The summed E-state index contributed by atoms with van der Waals surface area (Å²) in [6, 6.07) is 4.92. The smallest absolute Gasteiger partial charge is 0.323 e. The third kappa shape index (κ3) is 1.77. The topological polar surface area (TPSA) is 49.4 Å². The number of carbonyl (C=O) groups is 2. The molecule has 0 saturated carbocycles. The van der Waals surface area contributed by atoms with Crippen LogP contribution in [0.25, 0.3) is 0 Å². The van der Waals surface area contributed by atoms with Crippen LogP contribution >= 0.6 is 0 Å². The van der Waals surface area contributed by atoms with E-state index in [1.165, 1.54) is 24.3 Å². The van der Waals surface area contributed by atoms with Crippen LogP contribution in [-0.4, -0.2) is 17.5 Å². The van der Waals surface area contributed by atoms with Crippen molar-refractivity contribution >= 4 is 17.6 Å². The number of halogens is 1. The van der Waals surface area contributed by atoms with E-state index in [1.54, 1.807) is 6.92 Å². The molecule has 4 nitrogen and oxygen atoms in total. The minimum atomic E-state index is -0.899. The molecule has 1 fully saturated rings. The van der Waals surface area contributed by atoms with Crippen LogP contribution in [0.5, 0.6) is 0 Å². The van der Waals surface area contributed by atoms with E-state index in [4.69, 9.17) is 0 Å². The van der Waals surface area contributed by atoms with Crippen LogP contribution < -0.4 is 10.2 Å². The number of hydrogen-bond donors (Lipinski definition) is 1. The molecule has 3 amide bonds. The highest BCUT2D eigenvalue weighted by Gasteiger charge is 2.47. The molecule has 1 N–H and O–H groups in total. The van der Waals surface area contributed by atoms with Crippen LogP contribution in [-0.2, 0) is 4.79 Å². The normalized spacial score (nSPS) is 24.1. The molecule has 90 valence electrons. The van der Waals surface area contributed by atoms with E-state index in [9.17, 15) is 14.0 Å². The van der Waals surface area contributed by atoms with E-state index < -0.39 is 17.4 Å². The zero-order chi connectivity index (χ0) is 12.6. The summed E-state index contributed by atoms with van der Waals surface area (Å²) in [5, 5.41) is 2.61. The van der Waals surface area contributed by atoms with Gasteiger partial charge in [-0.2, -0.15) is 0 Å². The van der Waals surface area contributed by atoms with Gasteiger partial charge in [0.1, 0.15) is 11.4 Å². The minimum Gasteiger partial charge on any atom is -0.323 e. The number of rotatable bonds is 2. The van der Waals surface area contributed by atoms with Crippen molar-refractivity contribution in [3.8, 4) is 0 Å². The fourth-order valence-electron chi connectivity index (χ4n) is 1.77. The van der Waals surface area contributed by atoms with Gasteiger partial charge in [-0.25, -0.2) is 14.1 Å². The standard InChI is InChI=1S/C12H13FN2O2/c1-3-12(2)10(16)15(11(17)14-12)9-6-4-5-8(13)7-9/h4-7H,3H2,1-2H3,(H,14,17). The molecule has 1 unspecified atom stereocenters. The summed E-state index contributed by atoms with van der Waals surface area (Å²) in [5.74, 6) is -0.830. The van der Waals surface area contributed by atoms with E-state index in [1.807, 2.05) is 6.92 Å². The van der Waals surface area contributed by atoms with Crippen LogP contribution in [0.15, 0.2) is 24.3 Å². The first-order valence-electron chi connectivity index (χ1n) is 5.40.